The van der Waals surface area contributed by atoms with E-state index in [1.54, 1.807) is 0 Å². The molecule has 14 heavy (non-hydrogen) atoms. The summed E-state index contributed by atoms with van der Waals surface area (Å²) in [5.74, 6) is 4.25. The SMILES string of the molecule is COC(=O)c1cc(C(=O)OC)n(N)c1. The summed E-state index contributed by atoms with van der Waals surface area (Å²) in [5.41, 5.74) is 0.295. The number of nitrogens with two attached hydrogens (primary N) is 1. The summed E-state index contributed by atoms with van der Waals surface area (Å²) in [7, 11) is 2.47. The van der Waals surface area contributed by atoms with Gasteiger partial charge in [-0.1, -0.05) is 0 Å². The largest absolute Gasteiger partial charge is 0.465 e. The molecule has 0 radical (unpaired) electrons. The van der Waals surface area contributed by atoms with Crippen LogP contribution in [-0.2, 0) is 9.47 Å². The van der Waals surface area contributed by atoms with E-state index in [-0.39, 0.29) is 11.3 Å². The molecule has 1 aromatic heterocycles. The van der Waals surface area contributed by atoms with Gasteiger partial charge < -0.3 is 15.3 Å². The summed E-state index contributed by atoms with van der Waals surface area (Å²) in [5, 5.41) is 0. The predicted octanol–water partition coefficient (Wildman–Crippen LogP) is -0.225. The van der Waals surface area contributed by atoms with Gasteiger partial charge in [0.15, 0.2) is 0 Å². The van der Waals surface area contributed by atoms with E-state index in [2.05, 4.69) is 9.47 Å². The standard InChI is InChI=1S/C8H10N2O4/c1-13-7(11)5-3-6(8(12)14-2)10(9)4-5/h3-4H,9H2,1-2H3. The minimum atomic E-state index is -0.609. The van der Waals surface area contributed by atoms with Crippen LogP contribution >= 0.6 is 0 Å². The van der Waals surface area contributed by atoms with Crippen molar-refractivity contribution in [3.8, 4) is 0 Å². The van der Waals surface area contributed by atoms with E-state index in [9.17, 15) is 9.59 Å². The van der Waals surface area contributed by atoms with Crippen LogP contribution in [0.2, 0.25) is 0 Å². The van der Waals surface area contributed by atoms with Gasteiger partial charge in [0.2, 0.25) is 0 Å². The molecular weight excluding hydrogens is 188 g/mol. The molecule has 0 aromatic carbocycles. The second-order valence-electron chi connectivity index (χ2n) is 2.50. The smallest absolute Gasteiger partial charge is 0.356 e. The normalized spacial score (nSPS) is 9.57. The van der Waals surface area contributed by atoms with Gasteiger partial charge >= 0.3 is 11.9 Å². The maximum atomic E-state index is 11.1. The molecule has 0 spiro atoms. The van der Waals surface area contributed by atoms with Crippen molar-refractivity contribution >= 4 is 11.9 Å². The Hall–Kier alpha value is -1.98. The molecule has 1 heterocycles. The van der Waals surface area contributed by atoms with Gasteiger partial charge in [0.25, 0.3) is 0 Å². The molecule has 2 N–H and O–H groups in total. The number of nitrogen functional groups attached to an aromatic ring is 1. The molecule has 0 fully saturated rings. The monoisotopic (exact) mass is 198 g/mol. The first kappa shape index (κ1) is 10.1. The molecule has 6 nitrogen and oxygen atoms in total. The summed E-state index contributed by atoms with van der Waals surface area (Å²) in [6, 6.07) is 1.30. The number of methoxy groups -OCH3 is 2. The number of hydrogen-bond acceptors (Lipinski definition) is 5. The Bertz CT molecular complexity index is 369. The molecule has 76 valence electrons. The van der Waals surface area contributed by atoms with Gasteiger partial charge in [0.05, 0.1) is 19.8 Å². The summed E-state index contributed by atoms with van der Waals surface area (Å²) >= 11 is 0. The zero-order valence-corrected chi connectivity index (χ0v) is 7.81. The molecule has 0 unspecified atom stereocenters. The Labute approximate surface area is 80.2 Å². The van der Waals surface area contributed by atoms with Crippen LogP contribution in [0.15, 0.2) is 12.3 Å². The van der Waals surface area contributed by atoms with E-state index < -0.39 is 11.9 Å². The molecule has 1 aromatic rings. The van der Waals surface area contributed by atoms with Crippen LogP contribution in [0, 0.1) is 0 Å². The molecule has 1 rings (SSSR count). The van der Waals surface area contributed by atoms with Gasteiger partial charge in [-0.15, -0.1) is 0 Å². The predicted molar refractivity (Wildman–Crippen MR) is 47.3 cm³/mol. The van der Waals surface area contributed by atoms with Crippen molar-refractivity contribution in [3.63, 3.8) is 0 Å². The Balaban J connectivity index is 3.05. The average Bonchev–Trinajstić information content (AvgIpc) is 2.58. The minimum Gasteiger partial charge on any atom is -0.465 e. The van der Waals surface area contributed by atoms with Gasteiger partial charge in [-0.05, 0) is 6.07 Å². The first-order valence-corrected chi connectivity index (χ1v) is 3.74. The number of carbonyl (C=O) groups is 2. The highest BCUT2D eigenvalue weighted by atomic mass is 16.5. The topological polar surface area (TPSA) is 83.6 Å². The molecule has 0 atom stereocenters. The zero-order valence-electron chi connectivity index (χ0n) is 7.81. The third-order valence-electron chi connectivity index (χ3n) is 1.66. The Morgan fingerprint density at radius 2 is 1.86 bits per heavy atom. The Morgan fingerprint density at radius 1 is 1.29 bits per heavy atom. The highest BCUT2D eigenvalue weighted by Gasteiger charge is 2.16. The van der Waals surface area contributed by atoms with E-state index in [4.69, 9.17) is 5.84 Å². The second kappa shape index (κ2) is 3.82. The highest BCUT2D eigenvalue weighted by molar-refractivity contribution is 5.94. The van der Waals surface area contributed by atoms with Crippen LogP contribution in [-0.4, -0.2) is 30.8 Å². The fourth-order valence-corrected chi connectivity index (χ4v) is 0.977. The maximum absolute atomic E-state index is 11.1. The summed E-state index contributed by atoms with van der Waals surface area (Å²) in [4.78, 5) is 22.1. The highest BCUT2D eigenvalue weighted by Crippen LogP contribution is 2.08. The quantitative estimate of drug-likeness (QED) is 0.524. The third-order valence-corrected chi connectivity index (χ3v) is 1.66. The molecule has 0 aliphatic heterocycles. The van der Waals surface area contributed by atoms with Crippen LogP contribution in [0.3, 0.4) is 0 Å². The van der Waals surface area contributed by atoms with Gasteiger partial charge in [0.1, 0.15) is 5.69 Å². The number of rotatable bonds is 2. The van der Waals surface area contributed by atoms with E-state index in [1.165, 1.54) is 26.5 Å². The van der Waals surface area contributed by atoms with Crippen molar-refractivity contribution in [2.75, 3.05) is 20.1 Å². The second-order valence-corrected chi connectivity index (χ2v) is 2.50. The number of esters is 2. The van der Waals surface area contributed by atoms with Crippen molar-refractivity contribution in [1.82, 2.24) is 4.68 Å². The van der Waals surface area contributed by atoms with Crippen molar-refractivity contribution in [1.29, 1.82) is 0 Å². The lowest BCUT2D eigenvalue weighted by Crippen LogP contribution is -2.15. The molecule has 0 aliphatic carbocycles. The van der Waals surface area contributed by atoms with Crippen LogP contribution in [0.1, 0.15) is 20.8 Å². The number of carbonyl (C=O) groups excluding carboxylic acids is 2. The molecule has 0 saturated carbocycles. The average molecular weight is 198 g/mol. The lowest BCUT2D eigenvalue weighted by Gasteiger charge is -1.98. The van der Waals surface area contributed by atoms with Crippen molar-refractivity contribution in [3.05, 3.63) is 23.5 Å². The summed E-state index contributed by atoms with van der Waals surface area (Å²) in [6.45, 7) is 0. The lowest BCUT2D eigenvalue weighted by atomic mass is 10.3. The first-order chi connectivity index (χ1) is 6.60. The van der Waals surface area contributed by atoms with E-state index in [0.717, 1.165) is 4.68 Å². The third kappa shape index (κ3) is 1.68. The Morgan fingerprint density at radius 3 is 2.36 bits per heavy atom. The van der Waals surface area contributed by atoms with E-state index in [0.29, 0.717) is 0 Å². The maximum Gasteiger partial charge on any atom is 0.356 e. The molecular formula is C8H10N2O4. The lowest BCUT2D eigenvalue weighted by molar-refractivity contribution is 0.0589. The van der Waals surface area contributed by atoms with Gasteiger partial charge in [-0.25, -0.2) is 9.59 Å². The number of aromatic nitrogens is 1. The van der Waals surface area contributed by atoms with E-state index in [1.807, 2.05) is 0 Å². The van der Waals surface area contributed by atoms with Crippen molar-refractivity contribution in [2.45, 2.75) is 0 Å². The van der Waals surface area contributed by atoms with Gasteiger partial charge in [-0.3, -0.25) is 4.68 Å². The number of ether oxygens (including phenoxy) is 2. The van der Waals surface area contributed by atoms with Crippen LogP contribution < -0.4 is 5.84 Å². The fraction of sp³-hybridized carbons (Fsp3) is 0.250. The van der Waals surface area contributed by atoms with Gasteiger partial charge in [-0.2, -0.15) is 0 Å². The molecule has 0 aliphatic rings. The van der Waals surface area contributed by atoms with E-state index >= 15 is 0 Å². The summed E-state index contributed by atoms with van der Waals surface area (Å²) < 4.78 is 9.92. The van der Waals surface area contributed by atoms with Gasteiger partial charge in [0, 0.05) is 6.20 Å². The molecule has 0 saturated heterocycles. The minimum absolute atomic E-state index is 0.0906. The molecule has 0 bridgehead atoms. The van der Waals surface area contributed by atoms with Crippen molar-refractivity contribution < 1.29 is 19.1 Å². The molecule has 0 amide bonds. The Kier molecular flexibility index (Phi) is 2.76. The zero-order chi connectivity index (χ0) is 10.7. The molecule has 6 heteroatoms. The van der Waals surface area contributed by atoms with Crippen molar-refractivity contribution in [2.24, 2.45) is 0 Å². The number of nitrogens with zero attached hydrogens (tertiary/aromatic N) is 1. The first-order valence-electron chi connectivity index (χ1n) is 3.74. The summed E-state index contributed by atoms with van der Waals surface area (Å²) in [6.07, 6.45) is 1.29. The van der Waals surface area contributed by atoms with Crippen LogP contribution in [0.5, 0.6) is 0 Å². The number of hydrogen-bond donors (Lipinski definition) is 1. The van der Waals surface area contributed by atoms with Crippen LogP contribution in [0.25, 0.3) is 0 Å². The fourth-order valence-electron chi connectivity index (χ4n) is 0.977. The van der Waals surface area contributed by atoms with Crippen LogP contribution in [0.4, 0.5) is 0 Å².